The molecular formula is C23H28N2O5S. The predicted molar refractivity (Wildman–Crippen MR) is 120 cm³/mol. The van der Waals surface area contributed by atoms with Gasteiger partial charge in [0.05, 0.1) is 4.90 Å². The SMILES string of the molecule is CCN(CC)S(=O)(=O)c1ccc(/C=C/C(=O)OCC(=O)NCc2ccc(C)cc2)cc1. The molecule has 0 fully saturated rings. The Morgan fingerprint density at radius 1 is 1.00 bits per heavy atom. The summed E-state index contributed by atoms with van der Waals surface area (Å²) in [6.45, 7) is 6.32. The molecule has 1 N–H and O–H groups in total. The molecular weight excluding hydrogens is 416 g/mol. The number of benzene rings is 2. The van der Waals surface area contributed by atoms with Crippen LogP contribution < -0.4 is 5.32 Å². The number of carbonyl (C=O) groups is 2. The van der Waals surface area contributed by atoms with Gasteiger partial charge < -0.3 is 10.1 Å². The molecule has 0 aliphatic rings. The zero-order chi connectivity index (χ0) is 22.9. The summed E-state index contributed by atoms with van der Waals surface area (Å²) in [5.41, 5.74) is 2.73. The maximum absolute atomic E-state index is 12.5. The first-order valence-electron chi connectivity index (χ1n) is 10.0. The van der Waals surface area contributed by atoms with E-state index in [4.69, 9.17) is 4.74 Å². The van der Waals surface area contributed by atoms with Gasteiger partial charge in [-0.15, -0.1) is 0 Å². The highest BCUT2D eigenvalue weighted by Gasteiger charge is 2.20. The largest absolute Gasteiger partial charge is 0.452 e. The Morgan fingerprint density at radius 2 is 1.61 bits per heavy atom. The first-order chi connectivity index (χ1) is 14.8. The topological polar surface area (TPSA) is 92.8 Å². The lowest BCUT2D eigenvalue weighted by Gasteiger charge is -2.18. The molecule has 7 nitrogen and oxygen atoms in total. The number of nitrogens with zero attached hydrogens (tertiary/aromatic N) is 1. The fraction of sp³-hybridized carbons (Fsp3) is 0.304. The molecule has 0 bridgehead atoms. The van der Waals surface area contributed by atoms with Crippen LogP contribution in [0.25, 0.3) is 6.08 Å². The summed E-state index contributed by atoms with van der Waals surface area (Å²) in [5, 5.41) is 2.69. The van der Waals surface area contributed by atoms with Gasteiger partial charge in [-0.2, -0.15) is 4.31 Å². The van der Waals surface area contributed by atoms with Gasteiger partial charge >= 0.3 is 5.97 Å². The highest BCUT2D eigenvalue weighted by atomic mass is 32.2. The van der Waals surface area contributed by atoms with Gasteiger partial charge in [0.25, 0.3) is 5.91 Å². The van der Waals surface area contributed by atoms with Gasteiger partial charge in [-0.1, -0.05) is 55.8 Å². The molecule has 1 amide bonds. The molecule has 31 heavy (non-hydrogen) atoms. The van der Waals surface area contributed by atoms with Gasteiger partial charge in [-0.25, -0.2) is 13.2 Å². The van der Waals surface area contributed by atoms with Crippen molar-refractivity contribution < 1.29 is 22.7 Å². The summed E-state index contributed by atoms with van der Waals surface area (Å²) in [5.74, 6) is -1.06. The van der Waals surface area contributed by atoms with Gasteiger partial charge in [0.15, 0.2) is 6.61 Å². The number of ether oxygens (including phenoxy) is 1. The maximum Gasteiger partial charge on any atom is 0.331 e. The Bertz CT molecular complexity index is 1010. The molecule has 0 heterocycles. The average molecular weight is 445 g/mol. The molecule has 8 heteroatoms. The second kappa shape index (κ2) is 11.4. The van der Waals surface area contributed by atoms with E-state index < -0.39 is 21.9 Å². The van der Waals surface area contributed by atoms with E-state index in [1.807, 2.05) is 31.2 Å². The molecule has 2 aromatic rings. The average Bonchev–Trinajstić information content (AvgIpc) is 2.76. The van der Waals surface area contributed by atoms with E-state index in [0.29, 0.717) is 25.2 Å². The van der Waals surface area contributed by atoms with Crippen LogP contribution in [0.5, 0.6) is 0 Å². The van der Waals surface area contributed by atoms with Crippen LogP contribution in [0.4, 0.5) is 0 Å². The quantitative estimate of drug-likeness (QED) is 0.449. The summed E-state index contributed by atoms with van der Waals surface area (Å²) >= 11 is 0. The van der Waals surface area contributed by atoms with Crippen LogP contribution in [0.1, 0.15) is 30.5 Å². The standard InChI is InChI=1S/C23H28N2O5S/c1-4-25(5-2)31(28,29)21-13-10-19(11-14-21)12-15-23(27)30-17-22(26)24-16-20-8-6-18(3)7-9-20/h6-15H,4-5,16-17H2,1-3H3,(H,24,26)/b15-12+. The molecule has 0 saturated heterocycles. The summed E-state index contributed by atoms with van der Waals surface area (Å²) in [7, 11) is -3.52. The van der Waals surface area contributed by atoms with Gasteiger partial charge in [0.2, 0.25) is 10.0 Å². The summed E-state index contributed by atoms with van der Waals surface area (Å²) in [6, 6.07) is 14.0. The van der Waals surface area contributed by atoms with Crippen molar-refractivity contribution >= 4 is 28.0 Å². The number of esters is 1. The van der Waals surface area contributed by atoms with Crippen molar-refractivity contribution in [1.29, 1.82) is 0 Å². The number of aryl methyl sites for hydroxylation is 1. The van der Waals surface area contributed by atoms with Crippen molar-refractivity contribution in [2.24, 2.45) is 0 Å². The Labute approximate surface area is 183 Å². The van der Waals surface area contributed by atoms with Crippen molar-refractivity contribution in [1.82, 2.24) is 9.62 Å². The van der Waals surface area contributed by atoms with E-state index in [2.05, 4.69) is 5.32 Å². The summed E-state index contributed by atoms with van der Waals surface area (Å²) in [4.78, 5) is 23.9. The smallest absolute Gasteiger partial charge is 0.331 e. The van der Waals surface area contributed by atoms with Gasteiger partial charge in [-0.3, -0.25) is 4.79 Å². The van der Waals surface area contributed by atoms with E-state index in [9.17, 15) is 18.0 Å². The van der Waals surface area contributed by atoms with Crippen molar-refractivity contribution in [3.8, 4) is 0 Å². The molecule has 0 aromatic heterocycles. The fourth-order valence-corrected chi connectivity index (χ4v) is 4.23. The lowest BCUT2D eigenvalue weighted by atomic mass is 10.1. The third-order valence-corrected chi connectivity index (χ3v) is 6.66. The third kappa shape index (κ3) is 7.34. The summed E-state index contributed by atoms with van der Waals surface area (Å²) < 4.78 is 31.3. The lowest BCUT2D eigenvalue weighted by Crippen LogP contribution is -2.30. The lowest BCUT2D eigenvalue weighted by molar-refractivity contribution is -0.143. The number of rotatable bonds is 10. The van der Waals surface area contributed by atoms with E-state index in [1.54, 1.807) is 26.0 Å². The Hall–Kier alpha value is -2.97. The zero-order valence-corrected chi connectivity index (χ0v) is 18.8. The van der Waals surface area contributed by atoms with Gasteiger partial charge in [-0.05, 0) is 36.3 Å². The molecule has 2 aromatic carbocycles. The molecule has 0 spiro atoms. The van der Waals surface area contributed by atoms with Crippen molar-refractivity contribution in [2.45, 2.75) is 32.2 Å². The van der Waals surface area contributed by atoms with Crippen LogP contribution in [0, 0.1) is 6.92 Å². The highest BCUT2D eigenvalue weighted by Crippen LogP contribution is 2.16. The second-order valence-electron chi connectivity index (χ2n) is 6.86. The number of carbonyl (C=O) groups excluding carboxylic acids is 2. The first kappa shape index (κ1) is 24.3. The van der Waals surface area contributed by atoms with Crippen molar-refractivity contribution in [3.63, 3.8) is 0 Å². The van der Waals surface area contributed by atoms with E-state index in [-0.39, 0.29) is 11.5 Å². The normalized spacial score (nSPS) is 11.6. The molecule has 0 unspecified atom stereocenters. The highest BCUT2D eigenvalue weighted by molar-refractivity contribution is 7.89. The van der Waals surface area contributed by atoms with Crippen LogP contribution in [-0.4, -0.2) is 44.3 Å². The Kier molecular flexibility index (Phi) is 8.96. The Balaban J connectivity index is 1.83. The number of nitrogens with one attached hydrogen (secondary N) is 1. The first-order valence-corrected chi connectivity index (χ1v) is 11.5. The minimum atomic E-state index is -3.52. The van der Waals surface area contributed by atoms with Gasteiger partial charge in [0, 0.05) is 25.7 Å². The zero-order valence-electron chi connectivity index (χ0n) is 18.0. The minimum Gasteiger partial charge on any atom is -0.452 e. The Morgan fingerprint density at radius 3 is 2.19 bits per heavy atom. The summed E-state index contributed by atoms with van der Waals surface area (Å²) in [6.07, 6.45) is 2.70. The predicted octanol–water partition coefficient (Wildman–Crippen LogP) is 2.90. The fourth-order valence-electron chi connectivity index (χ4n) is 2.77. The number of amides is 1. The molecule has 0 radical (unpaired) electrons. The van der Waals surface area contributed by atoms with Crippen LogP contribution in [0.15, 0.2) is 59.5 Å². The van der Waals surface area contributed by atoms with E-state index >= 15 is 0 Å². The molecule has 0 aliphatic heterocycles. The monoisotopic (exact) mass is 444 g/mol. The van der Waals surface area contributed by atoms with E-state index in [0.717, 1.165) is 11.1 Å². The molecule has 0 saturated carbocycles. The van der Waals surface area contributed by atoms with Crippen molar-refractivity contribution in [2.75, 3.05) is 19.7 Å². The van der Waals surface area contributed by atoms with Crippen LogP contribution in [0.2, 0.25) is 0 Å². The van der Waals surface area contributed by atoms with Crippen LogP contribution in [-0.2, 0) is 30.9 Å². The molecule has 166 valence electrons. The number of hydrogen-bond donors (Lipinski definition) is 1. The number of hydrogen-bond acceptors (Lipinski definition) is 5. The van der Waals surface area contributed by atoms with Crippen LogP contribution >= 0.6 is 0 Å². The molecule has 0 aliphatic carbocycles. The third-order valence-electron chi connectivity index (χ3n) is 4.59. The molecule has 2 rings (SSSR count). The van der Waals surface area contributed by atoms with Gasteiger partial charge in [0.1, 0.15) is 0 Å². The maximum atomic E-state index is 12.5. The van der Waals surface area contributed by atoms with Crippen LogP contribution in [0.3, 0.4) is 0 Å². The second-order valence-corrected chi connectivity index (χ2v) is 8.80. The molecule has 0 atom stereocenters. The van der Waals surface area contributed by atoms with E-state index in [1.165, 1.54) is 28.6 Å². The minimum absolute atomic E-state index is 0.196. The van der Waals surface area contributed by atoms with Crippen molar-refractivity contribution in [3.05, 3.63) is 71.3 Å². The number of sulfonamides is 1.